The van der Waals surface area contributed by atoms with Gasteiger partial charge in [-0.05, 0) is 27.2 Å². The molecular weight excluding hydrogens is 322 g/mol. The highest BCUT2D eigenvalue weighted by molar-refractivity contribution is 7.11. The molecule has 3 heterocycles. The number of aryl methyl sites for hydroxylation is 3. The average molecular weight is 345 g/mol. The fourth-order valence-electron chi connectivity index (χ4n) is 2.90. The van der Waals surface area contributed by atoms with Crippen LogP contribution in [0, 0.1) is 20.8 Å². The van der Waals surface area contributed by atoms with Crippen molar-refractivity contribution in [3.05, 3.63) is 32.7 Å². The number of nitrogens with one attached hydrogen (secondary N) is 1. The van der Waals surface area contributed by atoms with Gasteiger partial charge in [0.2, 0.25) is 5.91 Å². The molecule has 1 amide bonds. The zero-order valence-electron chi connectivity index (χ0n) is 14.6. The smallest absolute Gasteiger partial charge is 0.219 e. The second-order valence-corrected chi connectivity index (χ2v) is 7.45. The molecule has 0 aromatic carbocycles. The lowest BCUT2D eigenvalue weighted by Gasteiger charge is -2.28. The highest BCUT2D eigenvalue weighted by Crippen LogP contribution is 2.24. The molecule has 0 bridgehead atoms. The van der Waals surface area contributed by atoms with E-state index in [4.69, 9.17) is 0 Å². The second kappa shape index (κ2) is 6.84. The third-order valence-corrected chi connectivity index (χ3v) is 5.46. The van der Waals surface area contributed by atoms with Crippen molar-refractivity contribution in [1.82, 2.24) is 19.9 Å². The van der Waals surface area contributed by atoms with Crippen LogP contribution in [0.1, 0.15) is 39.6 Å². The summed E-state index contributed by atoms with van der Waals surface area (Å²) in [4.78, 5) is 28.4. The zero-order valence-corrected chi connectivity index (χ0v) is 15.5. The lowest BCUT2D eigenvalue weighted by Crippen LogP contribution is -2.35. The quantitative estimate of drug-likeness (QED) is 0.921. The summed E-state index contributed by atoms with van der Waals surface area (Å²) in [6.07, 6.45) is 1.68. The Labute approximate surface area is 146 Å². The van der Waals surface area contributed by atoms with Crippen LogP contribution in [0.3, 0.4) is 0 Å². The van der Waals surface area contributed by atoms with Crippen LogP contribution in [-0.2, 0) is 24.2 Å². The predicted octanol–water partition coefficient (Wildman–Crippen LogP) is 2.42. The summed E-state index contributed by atoms with van der Waals surface area (Å²) >= 11 is 1.76. The predicted molar refractivity (Wildman–Crippen MR) is 95.3 cm³/mol. The molecule has 2 aromatic heterocycles. The maximum Gasteiger partial charge on any atom is 0.219 e. The van der Waals surface area contributed by atoms with Crippen LogP contribution in [0.2, 0.25) is 0 Å². The number of hydrogen-bond donors (Lipinski definition) is 1. The van der Waals surface area contributed by atoms with Crippen LogP contribution in [0.5, 0.6) is 0 Å². The minimum atomic E-state index is 0.0981. The molecule has 3 rings (SSSR count). The highest BCUT2D eigenvalue weighted by atomic mass is 32.1. The number of thiazole rings is 1. The first kappa shape index (κ1) is 16.8. The molecular formula is C17H23N5OS. The van der Waals surface area contributed by atoms with Crippen molar-refractivity contribution in [3.63, 3.8) is 0 Å². The van der Waals surface area contributed by atoms with E-state index in [-0.39, 0.29) is 5.91 Å². The first-order chi connectivity index (χ1) is 11.4. The minimum absolute atomic E-state index is 0.0981. The maximum atomic E-state index is 11.6. The van der Waals surface area contributed by atoms with Crippen molar-refractivity contribution in [2.75, 3.05) is 18.4 Å². The van der Waals surface area contributed by atoms with Gasteiger partial charge >= 0.3 is 0 Å². The van der Waals surface area contributed by atoms with Gasteiger partial charge in [0, 0.05) is 36.9 Å². The summed E-state index contributed by atoms with van der Waals surface area (Å²) in [7, 11) is 0. The van der Waals surface area contributed by atoms with Crippen LogP contribution in [0.4, 0.5) is 5.82 Å². The lowest BCUT2D eigenvalue weighted by molar-refractivity contribution is -0.129. The molecule has 7 heteroatoms. The molecule has 0 aliphatic carbocycles. The van der Waals surface area contributed by atoms with E-state index in [0.29, 0.717) is 6.54 Å². The zero-order chi connectivity index (χ0) is 17.3. The molecule has 6 nitrogen and oxygen atoms in total. The molecule has 24 heavy (non-hydrogen) atoms. The fourth-order valence-corrected chi connectivity index (χ4v) is 3.84. The van der Waals surface area contributed by atoms with Gasteiger partial charge in [0.1, 0.15) is 11.6 Å². The van der Waals surface area contributed by atoms with Crippen LogP contribution < -0.4 is 5.32 Å². The van der Waals surface area contributed by atoms with Crippen LogP contribution in [-0.4, -0.2) is 38.8 Å². The molecule has 1 aliphatic heterocycles. The van der Waals surface area contributed by atoms with E-state index in [1.807, 2.05) is 18.7 Å². The maximum absolute atomic E-state index is 11.6. The van der Waals surface area contributed by atoms with E-state index in [1.165, 1.54) is 4.88 Å². The molecule has 0 fully saturated rings. The lowest BCUT2D eigenvalue weighted by atomic mass is 10.1. The number of carbonyl (C=O) groups is 1. The molecule has 128 valence electrons. The summed E-state index contributed by atoms with van der Waals surface area (Å²) in [6, 6.07) is 0. The number of amides is 1. The Balaban J connectivity index is 1.71. The molecule has 0 atom stereocenters. The van der Waals surface area contributed by atoms with Crippen LogP contribution in [0.25, 0.3) is 0 Å². The highest BCUT2D eigenvalue weighted by Gasteiger charge is 2.23. The molecule has 1 aliphatic rings. The Kier molecular flexibility index (Phi) is 4.80. The summed E-state index contributed by atoms with van der Waals surface area (Å²) < 4.78 is 0. The van der Waals surface area contributed by atoms with E-state index in [0.717, 1.165) is 59.5 Å². The molecule has 0 saturated heterocycles. The molecule has 0 saturated carbocycles. The number of hydrogen-bond acceptors (Lipinski definition) is 6. The van der Waals surface area contributed by atoms with Gasteiger partial charge < -0.3 is 10.2 Å². The average Bonchev–Trinajstić information content (AvgIpc) is 2.84. The van der Waals surface area contributed by atoms with Gasteiger partial charge in [-0.25, -0.2) is 15.0 Å². The molecule has 2 aromatic rings. The van der Waals surface area contributed by atoms with Gasteiger partial charge in [0.05, 0.1) is 22.9 Å². The Bertz CT molecular complexity index is 751. The molecule has 0 unspecified atom stereocenters. The normalized spacial score (nSPS) is 13.8. The first-order valence-electron chi connectivity index (χ1n) is 8.22. The Hall–Kier alpha value is -2.02. The van der Waals surface area contributed by atoms with Crippen molar-refractivity contribution in [1.29, 1.82) is 0 Å². The summed E-state index contributed by atoms with van der Waals surface area (Å²) in [5.41, 5.74) is 3.23. The summed E-state index contributed by atoms with van der Waals surface area (Å²) in [5.74, 6) is 1.74. The van der Waals surface area contributed by atoms with Crippen LogP contribution >= 0.6 is 11.3 Å². The van der Waals surface area contributed by atoms with Gasteiger partial charge in [0.25, 0.3) is 0 Å². The number of fused-ring (bicyclic) bond motifs is 1. The molecule has 0 spiro atoms. The SMILES string of the molecule is CC(=O)N1CCc2c(nc(C)nc2NCCc2nc(C)c(C)s2)C1. The standard InChI is InChI=1S/C17H23N5OS/c1-10-11(2)24-16(19-10)5-7-18-17-14-6-8-22(13(4)23)9-15(14)20-12(3)21-17/h5-9H2,1-4H3,(H,18,20,21). The van der Waals surface area contributed by atoms with Gasteiger partial charge in [0.15, 0.2) is 0 Å². The molecule has 0 radical (unpaired) electrons. The van der Waals surface area contributed by atoms with Gasteiger partial charge in [-0.15, -0.1) is 11.3 Å². The minimum Gasteiger partial charge on any atom is -0.369 e. The number of carbonyl (C=O) groups excluding carboxylic acids is 1. The van der Waals surface area contributed by atoms with Gasteiger partial charge in [-0.2, -0.15) is 0 Å². The van der Waals surface area contributed by atoms with Gasteiger partial charge in [-0.1, -0.05) is 0 Å². The van der Waals surface area contributed by atoms with Crippen molar-refractivity contribution in [2.45, 2.75) is 47.1 Å². The van der Waals surface area contributed by atoms with Crippen LogP contribution in [0.15, 0.2) is 0 Å². The topological polar surface area (TPSA) is 71.0 Å². The third kappa shape index (κ3) is 3.56. The number of nitrogens with zero attached hydrogens (tertiary/aromatic N) is 4. The van der Waals surface area contributed by atoms with E-state index < -0.39 is 0 Å². The fraction of sp³-hybridized carbons (Fsp3) is 0.529. The van der Waals surface area contributed by atoms with Crippen molar-refractivity contribution >= 4 is 23.1 Å². The number of anilines is 1. The monoisotopic (exact) mass is 345 g/mol. The Morgan fingerprint density at radius 2 is 2.04 bits per heavy atom. The second-order valence-electron chi connectivity index (χ2n) is 6.16. The summed E-state index contributed by atoms with van der Waals surface area (Å²) in [6.45, 7) is 9.76. The number of aromatic nitrogens is 3. The van der Waals surface area contributed by atoms with Crippen molar-refractivity contribution < 1.29 is 4.79 Å². The third-order valence-electron chi connectivity index (χ3n) is 4.33. The largest absolute Gasteiger partial charge is 0.369 e. The first-order valence-corrected chi connectivity index (χ1v) is 9.04. The van der Waals surface area contributed by atoms with E-state index >= 15 is 0 Å². The van der Waals surface area contributed by atoms with Crippen molar-refractivity contribution in [2.24, 2.45) is 0 Å². The molecule has 1 N–H and O–H groups in total. The Morgan fingerprint density at radius 1 is 1.25 bits per heavy atom. The number of rotatable bonds is 4. The van der Waals surface area contributed by atoms with Crippen molar-refractivity contribution in [3.8, 4) is 0 Å². The van der Waals surface area contributed by atoms with Gasteiger partial charge in [-0.3, -0.25) is 4.79 Å². The summed E-state index contributed by atoms with van der Waals surface area (Å²) in [5, 5.41) is 4.60. The van der Waals surface area contributed by atoms with E-state index in [2.05, 4.69) is 27.2 Å². The van der Waals surface area contributed by atoms with E-state index in [9.17, 15) is 4.79 Å². The Morgan fingerprint density at radius 3 is 2.71 bits per heavy atom. The van der Waals surface area contributed by atoms with E-state index in [1.54, 1.807) is 18.3 Å².